The maximum Gasteiger partial charge on any atom is 0.151 e. The van der Waals surface area contributed by atoms with Gasteiger partial charge in [0.05, 0.1) is 6.10 Å². The smallest absolute Gasteiger partial charge is 0.151 e. The van der Waals surface area contributed by atoms with E-state index in [1.807, 2.05) is 0 Å². The lowest BCUT2D eigenvalue weighted by Crippen LogP contribution is -2.02. The molecule has 78 valence electrons. The largest absolute Gasteiger partial charge is 0.361 e. The van der Waals surface area contributed by atoms with Gasteiger partial charge >= 0.3 is 0 Å². The van der Waals surface area contributed by atoms with Gasteiger partial charge in [-0.25, -0.2) is 0 Å². The van der Waals surface area contributed by atoms with Crippen molar-refractivity contribution in [2.45, 2.75) is 50.7 Å². The topological polar surface area (TPSA) is 29.6 Å². The second kappa shape index (κ2) is 4.74. The van der Waals surface area contributed by atoms with Gasteiger partial charge in [0.2, 0.25) is 0 Å². The van der Waals surface area contributed by atoms with E-state index in [1.54, 1.807) is 0 Å². The summed E-state index contributed by atoms with van der Waals surface area (Å²) in [5.74, 6) is 0.789. The number of allylic oxidation sites excluding steroid dienone is 1. The van der Waals surface area contributed by atoms with Crippen LogP contribution in [-0.2, 0) is 9.53 Å². The van der Waals surface area contributed by atoms with E-state index in [9.17, 15) is 4.79 Å². The predicted molar refractivity (Wildman–Crippen MR) is 55.1 cm³/mol. The van der Waals surface area contributed by atoms with Gasteiger partial charge in [-0.3, -0.25) is 0 Å². The third-order valence-electron chi connectivity index (χ3n) is 3.18. The van der Waals surface area contributed by atoms with E-state index >= 15 is 0 Å². The highest BCUT2D eigenvalue weighted by molar-refractivity contribution is 5.60. The highest BCUT2D eigenvalue weighted by atomic mass is 16.6. The fourth-order valence-electron chi connectivity index (χ4n) is 2.20. The molecule has 0 radical (unpaired) electrons. The minimum absolute atomic E-state index is 0.106. The van der Waals surface area contributed by atoms with Gasteiger partial charge < -0.3 is 9.53 Å². The Kier molecular flexibility index (Phi) is 3.35. The van der Waals surface area contributed by atoms with Crippen LogP contribution >= 0.6 is 0 Å². The summed E-state index contributed by atoms with van der Waals surface area (Å²) in [6.45, 7) is 0. The molecule has 2 rings (SSSR count). The Hall–Kier alpha value is -0.630. The van der Waals surface area contributed by atoms with Crippen molar-refractivity contribution in [1.82, 2.24) is 0 Å². The highest BCUT2D eigenvalue weighted by Gasteiger charge is 2.37. The van der Waals surface area contributed by atoms with Crippen molar-refractivity contribution in [3.05, 3.63) is 12.2 Å². The maximum absolute atomic E-state index is 10.3. The van der Waals surface area contributed by atoms with Gasteiger partial charge in [0.15, 0.2) is 6.29 Å². The van der Waals surface area contributed by atoms with Crippen LogP contribution in [0.3, 0.4) is 0 Å². The molecule has 0 aromatic rings. The minimum Gasteiger partial charge on any atom is -0.361 e. The van der Waals surface area contributed by atoms with Crippen molar-refractivity contribution >= 4 is 6.29 Å². The number of hydrogen-bond donors (Lipinski definition) is 0. The zero-order chi connectivity index (χ0) is 9.80. The maximum atomic E-state index is 10.3. The van der Waals surface area contributed by atoms with Crippen LogP contribution in [0.5, 0.6) is 0 Å². The average Bonchev–Trinajstić information content (AvgIpc) is 2.98. The van der Waals surface area contributed by atoms with E-state index in [2.05, 4.69) is 12.2 Å². The molecule has 0 N–H and O–H groups in total. The lowest BCUT2D eigenvalue weighted by Gasteiger charge is -2.17. The van der Waals surface area contributed by atoms with Crippen LogP contribution in [0.1, 0.15) is 38.5 Å². The highest BCUT2D eigenvalue weighted by Crippen LogP contribution is 2.27. The second-order valence-electron chi connectivity index (χ2n) is 4.34. The van der Waals surface area contributed by atoms with Crippen LogP contribution in [0.4, 0.5) is 0 Å². The first-order chi connectivity index (χ1) is 6.90. The predicted octanol–water partition coefficient (Wildman–Crippen LogP) is 2.48. The molecule has 2 nitrogen and oxygen atoms in total. The molecular formula is C12H18O2. The van der Waals surface area contributed by atoms with E-state index in [0.717, 1.165) is 18.6 Å². The Bertz CT molecular complexity index is 216. The van der Waals surface area contributed by atoms with Crippen LogP contribution in [0.25, 0.3) is 0 Å². The van der Waals surface area contributed by atoms with E-state index in [4.69, 9.17) is 4.74 Å². The number of carbonyl (C=O) groups excluding carboxylic acids is 1. The SMILES string of the molecule is O=C[C@H]1O[C@H]1C/C=C\C1CCCCC1. The van der Waals surface area contributed by atoms with Crippen molar-refractivity contribution in [3.63, 3.8) is 0 Å². The van der Waals surface area contributed by atoms with Gasteiger partial charge in [0, 0.05) is 0 Å². The summed E-state index contributed by atoms with van der Waals surface area (Å²) in [4.78, 5) is 10.3. The molecule has 14 heavy (non-hydrogen) atoms. The molecule has 0 spiro atoms. The molecule has 0 aromatic heterocycles. The van der Waals surface area contributed by atoms with Crippen LogP contribution in [0, 0.1) is 5.92 Å². The lowest BCUT2D eigenvalue weighted by atomic mass is 9.89. The van der Waals surface area contributed by atoms with E-state index in [1.165, 1.54) is 32.1 Å². The zero-order valence-corrected chi connectivity index (χ0v) is 8.52. The molecule has 1 aliphatic carbocycles. The monoisotopic (exact) mass is 194 g/mol. The average molecular weight is 194 g/mol. The van der Waals surface area contributed by atoms with Gasteiger partial charge in [-0.15, -0.1) is 0 Å². The second-order valence-corrected chi connectivity index (χ2v) is 4.34. The molecule has 2 fully saturated rings. The van der Waals surface area contributed by atoms with Crippen LogP contribution in [0.15, 0.2) is 12.2 Å². The lowest BCUT2D eigenvalue weighted by molar-refractivity contribution is -0.108. The Morgan fingerprint density at radius 1 is 1.21 bits per heavy atom. The summed E-state index contributed by atoms with van der Waals surface area (Å²) >= 11 is 0. The van der Waals surface area contributed by atoms with E-state index in [-0.39, 0.29) is 12.2 Å². The molecule has 0 aromatic carbocycles. The molecule has 1 aliphatic heterocycles. The number of aldehydes is 1. The first kappa shape index (κ1) is 9.91. The third kappa shape index (κ3) is 2.68. The van der Waals surface area contributed by atoms with Crippen LogP contribution in [-0.4, -0.2) is 18.5 Å². The molecular weight excluding hydrogens is 176 g/mol. The Morgan fingerprint density at radius 3 is 2.64 bits per heavy atom. The first-order valence-electron chi connectivity index (χ1n) is 5.67. The van der Waals surface area contributed by atoms with Gasteiger partial charge in [0.1, 0.15) is 6.10 Å². The summed E-state index contributed by atoms with van der Waals surface area (Å²) in [7, 11) is 0. The van der Waals surface area contributed by atoms with Gasteiger partial charge in [-0.2, -0.15) is 0 Å². The standard InChI is InChI=1S/C12H18O2/c13-9-12-11(14-12)8-4-7-10-5-2-1-3-6-10/h4,7,9-12H,1-3,5-6,8H2/b7-4-/t11-,12+/m0/s1. The third-order valence-corrected chi connectivity index (χ3v) is 3.18. The van der Waals surface area contributed by atoms with Crippen molar-refractivity contribution in [3.8, 4) is 0 Å². The van der Waals surface area contributed by atoms with Crippen molar-refractivity contribution < 1.29 is 9.53 Å². The Morgan fingerprint density at radius 2 is 2.00 bits per heavy atom. The summed E-state index contributed by atoms with van der Waals surface area (Å²) in [5.41, 5.74) is 0. The fourth-order valence-corrected chi connectivity index (χ4v) is 2.20. The van der Waals surface area contributed by atoms with Crippen molar-refractivity contribution in [2.24, 2.45) is 5.92 Å². The Labute approximate surface area is 85.3 Å². The number of carbonyl (C=O) groups is 1. The number of epoxide rings is 1. The molecule has 1 saturated carbocycles. The molecule has 2 atom stereocenters. The zero-order valence-electron chi connectivity index (χ0n) is 8.52. The molecule has 0 unspecified atom stereocenters. The molecule has 2 heteroatoms. The summed E-state index contributed by atoms with van der Waals surface area (Å²) in [6.07, 6.45) is 13.3. The van der Waals surface area contributed by atoms with Gasteiger partial charge in [-0.05, 0) is 25.2 Å². The molecule has 1 saturated heterocycles. The van der Waals surface area contributed by atoms with E-state index < -0.39 is 0 Å². The van der Waals surface area contributed by atoms with Gasteiger partial charge in [-0.1, -0.05) is 31.4 Å². The summed E-state index contributed by atoms with van der Waals surface area (Å²) < 4.78 is 5.14. The summed E-state index contributed by atoms with van der Waals surface area (Å²) in [6, 6.07) is 0. The van der Waals surface area contributed by atoms with E-state index in [0.29, 0.717) is 0 Å². The molecule has 0 bridgehead atoms. The molecule has 0 amide bonds. The molecule has 2 aliphatic rings. The van der Waals surface area contributed by atoms with Crippen LogP contribution < -0.4 is 0 Å². The quantitative estimate of drug-likeness (QED) is 0.391. The van der Waals surface area contributed by atoms with Crippen LogP contribution in [0.2, 0.25) is 0 Å². The van der Waals surface area contributed by atoms with Crippen molar-refractivity contribution in [1.29, 1.82) is 0 Å². The fraction of sp³-hybridized carbons (Fsp3) is 0.750. The number of rotatable bonds is 4. The first-order valence-corrected chi connectivity index (χ1v) is 5.67. The van der Waals surface area contributed by atoms with Crippen molar-refractivity contribution in [2.75, 3.05) is 0 Å². The van der Waals surface area contributed by atoms with Gasteiger partial charge in [0.25, 0.3) is 0 Å². The summed E-state index contributed by atoms with van der Waals surface area (Å²) in [5, 5.41) is 0. The Balaban J connectivity index is 1.64. The number of ether oxygens (including phenoxy) is 1. The normalized spacial score (nSPS) is 33.4. The molecule has 1 heterocycles. The number of hydrogen-bond acceptors (Lipinski definition) is 2. The minimum atomic E-state index is -0.106.